The quantitative estimate of drug-likeness (QED) is 0.695. The van der Waals surface area contributed by atoms with E-state index in [1.807, 2.05) is 12.1 Å². The summed E-state index contributed by atoms with van der Waals surface area (Å²) in [5, 5.41) is 13.8. The van der Waals surface area contributed by atoms with Crippen LogP contribution in [-0.4, -0.2) is 30.9 Å². The molecule has 146 valence electrons. The predicted molar refractivity (Wildman–Crippen MR) is 101 cm³/mol. The number of benzene rings is 2. The third-order valence-electron chi connectivity index (χ3n) is 5.13. The van der Waals surface area contributed by atoms with Crippen molar-refractivity contribution in [2.24, 2.45) is 5.73 Å². The van der Waals surface area contributed by atoms with Crippen LogP contribution >= 0.6 is 0 Å². The number of rotatable bonds is 7. The highest BCUT2D eigenvalue weighted by Gasteiger charge is 2.23. The fourth-order valence-electron chi connectivity index (χ4n) is 3.67. The van der Waals surface area contributed by atoms with Gasteiger partial charge in [-0.15, -0.1) is 0 Å². The zero-order chi connectivity index (χ0) is 19.4. The number of halogens is 2. The predicted octanol–water partition coefficient (Wildman–Crippen LogP) is 2.87. The van der Waals surface area contributed by atoms with E-state index in [2.05, 4.69) is 11.4 Å². The Balaban J connectivity index is 1.60. The van der Waals surface area contributed by atoms with E-state index in [1.165, 1.54) is 23.3 Å². The Morgan fingerprint density at radius 2 is 1.96 bits per heavy atom. The number of hydrogen-bond donors (Lipinski definition) is 3. The zero-order valence-electron chi connectivity index (χ0n) is 15.4. The standard InChI is InChI=1S/C21H26F2N2O2/c1-27-17-6-5-14-3-2-4-20(18(14)11-17)25-12-21(26)19(24)9-13-7-15(22)10-16(23)8-13/h5-8,10-11,19-21,25-26H,2-4,9,12,24H2,1H3/t19-,20-,21+/m0/s1. The molecular formula is C21H26F2N2O2. The Morgan fingerprint density at radius 3 is 2.67 bits per heavy atom. The highest BCUT2D eigenvalue weighted by atomic mass is 19.1. The van der Waals surface area contributed by atoms with Crippen LogP contribution in [0.1, 0.15) is 35.6 Å². The zero-order valence-corrected chi connectivity index (χ0v) is 15.4. The molecule has 0 amide bonds. The molecule has 0 fully saturated rings. The van der Waals surface area contributed by atoms with Crippen LogP contribution in [-0.2, 0) is 12.8 Å². The van der Waals surface area contributed by atoms with Gasteiger partial charge in [0.1, 0.15) is 17.4 Å². The number of aliphatic hydroxyl groups excluding tert-OH is 1. The third kappa shape index (κ3) is 5.03. The molecule has 0 unspecified atom stereocenters. The van der Waals surface area contributed by atoms with Crippen LogP contribution < -0.4 is 15.8 Å². The third-order valence-corrected chi connectivity index (χ3v) is 5.13. The summed E-state index contributed by atoms with van der Waals surface area (Å²) in [5.41, 5.74) is 8.96. The van der Waals surface area contributed by atoms with E-state index in [4.69, 9.17) is 10.5 Å². The molecule has 27 heavy (non-hydrogen) atoms. The van der Waals surface area contributed by atoms with E-state index in [9.17, 15) is 13.9 Å². The number of nitrogens with one attached hydrogen (secondary N) is 1. The Labute approximate surface area is 158 Å². The van der Waals surface area contributed by atoms with Crippen molar-refractivity contribution in [3.05, 3.63) is 64.7 Å². The van der Waals surface area contributed by atoms with Gasteiger partial charge in [-0.2, -0.15) is 0 Å². The number of nitrogens with two attached hydrogens (primary N) is 1. The minimum Gasteiger partial charge on any atom is -0.497 e. The molecule has 2 aromatic rings. The molecule has 4 N–H and O–H groups in total. The molecule has 0 heterocycles. The molecule has 0 aliphatic heterocycles. The highest BCUT2D eigenvalue weighted by Crippen LogP contribution is 2.32. The van der Waals surface area contributed by atoms with Gasteiger partial charge in [0, 0.05) is 24.7 Å². The number of fused-ring (bicyclic) bond motifs is 1. The summed E-state index contributed by atoms with van der Waals surface area (Å²) < 4.78 is 31.9. The summed E-state index contributed by atoms with van der Waals surface area (Å²) >= 11 is 0. The van der Waals surface area contributed by atoms with Crippen LogP contribution in [0, 0.1) is 11.6 Å². The summed E-state index contributed by atoms with van der Waals surface area (Å²) in [6.45, 7) is 0.306. The molecule has 0 aromatic heterocycles. The molecule has 4 nitrogen and oxygen atoms in total. The van der Waals surface area contributed by atoms with Gasteiger partial charge in [-0.3, -0.25) is 0 Å². The number of aryl methyl sites for hydroxylation is 1. The van der Waals surface area contributed by atoms with Gasteiger partial charge >= 0.3 is 0 Å². The number of hydrogen-bond acceptors (Lipinski definition) is 4. The molecular weight excluding hydrogens is 350 g/mol. The average Bonchev–Trinajstić information content (AvgIpc) is 2.64. The van der Waals surface area contributed by atoms with Crippen molar-refractivity contribution in [1.82, 2.24) is 5.32 Å². The first-order valence-corrected chi connectivity index (χ1v) is 9.25. The van der Waals surface area contributed by atoms with Crippen molar-refractivity contribution in [3.8, 4) is 5.75 Å². The first-order chi connectivity index (χ1) is 13.0. The van der Waals surface area contributed by atoms with Gasteiger partial charge in [0.25, 0.3) is 0 Å². The highest BCUT2D eigenvalue weighted by molar-refractivity contribution is 5.39. The Bertz CT molecular complexity index is 765. The SMILES string of the molecule is COc1ccc2c(c1)[C@@H](NC[C@@H](O)[C@@H](N)Cc1cc(F)cc(F)c1)CCC2. The Kier molecular flexibility index (Phi) is 6.42. The van der Waals surface area contributed by atoms with E-state index in [0.29, 0.717) is 12.1 Å². The maximum atomic E-state index is 13.3. The van der Waals surface area contributed by atoms with Crippen LogP contribution in [0.15, 0.2) is 36.4 Å². The minimum absolute atomic E-state index is 0.123. The second kappa shape index (κ2) is 8.78. The summed E-state index contributed by atoms with van der Waals surface area (Å²) in [5.74, 6) is -0.469. The van der Waals surface area contributed by atoms with Crippen LogP contribution in [0.5, 0.6) is 5.75 Å². The first kappa shape index (κ1) is 19.7. The molecule has 0 radical (unpaired) electrons. The second-order valence-electron chi connectivity index (χ2n) is 7.13. The van der Waals surface area contributed by atoms with E-state index >= 15 is 0 Å². The molecule has 3 atom stereocenters. The summed E-state index contributed by atoms with van der Waals surface area (Å²) in [6.07, 6.45) is 2.45. The van der Waals surface area contributed by atoms with Crippen molar-refractivity contribution >= 4 is 0 Å². The summed E-state index contributed by atoms with van der Waals surface area (Å²) in [4.78, 5) is 0. The second-order valence-corrected chi connectivity index (χ2v) is 7.13. The van der Waals surface area contributed by atoms with E-state index in [0.717, 1.165) is 31.1 Å². The molecule has 6 heteroatoms. The number of aliphatic hydroxyl groups is 1. The Hall–Kier alpha value is -2.02. The topological polar surface area (TPSA) is 67.5 Å². The minimum atomic E-state index is -0.827. The lowest BCUT2D eigenvalue weighted by atomic mass is 9.87. The molecule has 1 aliphatic carbocycles. The van der Waals surface area contributed by atoms with Crippen molar-refractivity contribution in [3.63, 3.8) is 0 Å². The number of methoxy groups -OCH3 is 1. The van der Waals surface area contributed by atoms with E-state index in [-0.39, 0.29) is 12.5 Å². The molecule has 0 spiro atoms. The molecule has 1 aliphatic rings. The van der Waals surface area contributed by atoms with Gasteiger partial charge in [0.05, 0.1) is 13.2 Å². The van der Waals surface area contributed by atoms with Gasteiger partial charge < -0.3 is 20.9 Å². The molecule has 3 rings (SSSR count). The van der Waals surface area contributed by atoms with Crippen molar-refractivity contribution in [2.45, 2.75) is 43.9 Å². The van der Waals surface area contributed by atoms with Crippen LogP contribution in [0.3, 0.4) is 0 Å². The van der Waals surface area contributed by atoms with E-state index in [1.54, 1.807) is 7.11 Å². The van der Waals surface area contributed by atoms with Crippen LogP contribution in [0.4, 0.5) is 8.78 Å². The lowest BCUT2D eigenvalue weighted by molar-refractivity contribution is 0.136. The van der Waals surface area contributed by atoms with Gasteiger partial charge in [-0.25, -0.2) is 8.78 Å². The van der Waals surface area contributed by atoms with Crippen molar-refractivity contribution in [2.75, 3.05) is 13.7 Å². The Morgan fingerprint density at radius 1 is 1.22 bits per heavy atom. The maximum absolute atomic E-state index is 13.3. The molecule has 0 bridgehead atoms. The molecule has 0 saturated heterocycles. The van der Waals surface area contributed by atoms with Gasteiger partial charge in [0.15, 0.2) is 0 Å². The average molecular weight is 376 g/mol. The first-order valence-electron chi connectivity index (χ1n) is 9.25. The monoisotopic (exact) mass is 376 g/mol. The lowest BCUT2D eigenvalue weighted by Gasteiger charge is -2.29. The normalized spacial score (nSPS) is 18.6. The summed E-state index contributed by atoms with van der Waals surface area (Å²) in [7, 11) is 1.64. The molecule has 0 saturated carbocycles. The van der Waals surface area contributed by atoms with E-state index < -0.39 is 23.8 Å². The fraction of sp³-hybridized carbons (Fsp3) is 0.429. The number of ether oxygens (including phenoxy) is 1. The fourth-order valence-corrected chi connectivity index (χ4v) is 3.67. The maximum Gasteiger partial charge on any atom is 0.126 e. The van der Waals surface area contributed by atoms with Crippen LogP contribution in [0.25, 0.3) is 0 Å². The van der Waals surface area contributed by atoms with Crippen LogP contribution in [0.2, 0.25) is 0 Å². The van der Waals surface area contributed by atoms with Crippen molar-refractivity contribution < 1.29 is 18.6 Å². The molecule has 2 aromatic carbocycles. The van der Waals surface area contributed by atoms with Gasteiger partial charge in [0.2, 0.25) is 0 Å². The smallest absolute Gasteiger partial charge is 0.126 e. The lowest BCUT2D eigenvalue weighted by Crippen LogP contribution is -2.44. The largest absolute Gasteiger partial charge is 0.497 e. The van der Waals surface area contributed by atoms with Crippen molar-refractivity contribution in [1.29, 1.82) is 0 Å². The van der Waals surface area contributed by atoms with Gasteiger partial charge in [-0.05, 0) is 66.6 Å². The van der Waals surface area contributed by atoms with Gasteiger partial charge in [-0.1, -0.05) is 6.07 Å². The summed E-state index contributed by atoms with van der Waals surface area (Å²) in [6, 6.07) is 8.89.